The van der Waals surface area contributed by atoms with Crippen LogP contribution in [0.1, 0.15) is 40.4 Å². The number of fused-ring (bicyclic) bond motifs is 3. The van der Waals surface area contributed by atoms with E-state index in [1.165, 1.54) is 10.3 Å². The Morgan fingerprint density at radius 3 is 2.42 bits per heavy atom. The number of carbonyl (C=O) groups excluding carboxylic acids is 2. The van der Waals surface area contributed by atoms with Crippen LogP contribution in [0, 0.1) is 0 Å². The number of ether oxygens (including phenoxy) is 1. The molecule has 0 saturated carbocycles. The summed E-state index contributed by atoms with van der Waals surface area (Å²) in [4.78, 5) is 41.9. The lowest BCUT2D eigenvalue weighted by Crippen LogP contribution is -2.40. The summed E-state index contributed by atoms with van der Waals surface area (Å²) in [5.74, 6) is -1.52. The molecule has 2 N–H and O–H groups in total. The first-order chi connectivity index (χ1) is 16.0. The van der Waals surface area contributed by atoms with Gasteiger partial charge in [0.25, 0.3) is 5.91 Å². The van der Waals surface area contributed by atoms with Gasteiger partial charge in [0.05, 0.1) is 0 Å². The minimum atomic E-state index is -1.02. The Kier molecular flexibility index (Phi) is 5.55. The molecule has 1 aliphatic heterocycles. The van der Waals surface area contributed by atoms with Gasteiger partial charge in [0.15, 0.2) is 5.13 Å². The molecule has 0 bridgehead atoms. The van der Waals surface area contributed by atoms with Gasteiger partial charge in [-0.1, -0.05) is 48.5 Å². The average molecular weight is 464 g/mol. The summed E-state index contributed by atoms with van der Waals surface area (Å²) in [6.45, 7) is 0.549. The predicted molar refractivity (Wildman–Crippen MR) is 122 cm³/mol. The standard InChI is InChI=1S/C24H21N3O5S/c28-21(27-11-5-10-20(27)22(29)30)19-13-33-23(25-19)26-24(31)32-12-18-16-8-3-1-6-14(16)15-7-2-4-9-17(15)18/h1-4,6-9,13,18,20H,5,10-12H2,(H,29,30)(H,25,26,31)/t20-/m0/s1. The number of anilines is 1. The van der Waals surface area contributed by atoms with Crippen LogP contribution in [-0.2, 0) is 9.53 Å². The highest BCUT2D eigenvalue weighted by molar-refractivity contribution is 7.14. The second-order valence-corrected chi connectivity index (χ2v) is 8.84. The number of carboxylic acid groups (broad SMARTS) is 1. The number of nitrogens with one attached hydrogen (secondary N) is 1. The fraction of sp³-hybridized carbons (Fsp3) is 0.250. The number of hydrogen-bond acceptors (Lipinski definition) is 6. The Morgan fingerprint density at radius 1 is 1.09 bits per heavy atom. The number of amides is 2. The highest BCUT2D eigenvalue weighted by atomic mass is 32.1. The second kappa shape index (κ2) is 8.67. The first-order valence-corrected chi connectivity index (χ1v) is 11.5. The maximum atomic E-state index is 12.7. The summed E-state index contributed by atoms with van der Waals surface area (Å²) in [5, 5.41) is 13.6. The van der Waals surface area contributed by atoms with Crippen LogP contribution < -0.4 is 5.32 Å². The zero-order valence-electron chi connectivity index (χ0n) is 17.6. The Hall–Kier alpha value is -3.72. The van der Waals surface area contributed by atoms with Crippen LogP contribution in [0.2, 0.25) is 0 Å². The molecule has 1 aliphatic carbocycles. The molecule has 2 aliphatic rings. The molecule has 8 nitrogen and oxygen atoms in total. The van der Waals surface area contributed by atoms with E-state index < -0.39 is 24.0 Å². The van der Waals surface area contributed by atoms with Crippen molar-refractivity contribution in [3.8, 4) is 11.1 Å². The summed E-state index contributed by atoms with van der Waals surface area (Å²) in [5.41, 5.74) is 4.64. The second-order valence-electron chi connectivity index (χ2n) is 7.98. The molecule has 168 valence electrons. The van der Waals surface area contributed by atoms with Gasteiger partial charge in [-0.15, -0.1) is 11.3 Å². The van der Waals surface area contributed by atoms with Crippen LogP contribution >= 0.6 is 11.3 Å². The lowest BCUT2D eigenvalue weighted by atomic mass is 9.98. The first kappa shape index (κ1) is 21.1. The number of aromatic nitrogens is 1. The van der Waals surface area contributed by atoms with Gasteiger partial charge in [-0.2, -0.15) is 0 Å². The van der Waals surface area contributed by atoms with Gasteiger partial charge < -0.3 is 14.7 Å². The number of carbonyl (C=O) groups is 3. The molecule has 2 aromatic carbocycles. The van der Waals surface area contributed by atoms with E-state index in [4.69, 9.17) is 4.74 Å². The van der Waals surface area contributed by atoms with Gasteiger partial charge in [0.2, 0.25) is 0 Å². The predicted octanol–water partition coefficient (Wildman–Crippen LogP) is 4.19. The fourth-order valence-electron chi connectivity index (χ4n) is 4.56. The smallest absolute Gasteiger partial charge is 0.413 e. The average Bonchev–Trinajstić information content (AvgIpc) is 3.55. The first-order valence-electron chi connectivity index (χ1n) is 10.6. The van der Waals surface area contributed by atoms with E-state index >= 15 is 0 Å². The molecule has 1 atom stereocenters. The van der Waals surface area contributed by atoms with Crippen molar-refractivity contribution in [2.24, 2.45) is 0 Å². The van der Waals surface area contributed by atoms with Crippen LogP contribution in [0.25, 0.3) is 11.1 Å². The van der Waals surface area contributed by atoms with Crippen molar-refractivity contribution in [2.75, 3.05) is 18.5 Å². The maximum absolute atomic E-state index is 12.7. The van der Waals surface area contributed by atoms with E-state index in [9.17, 15) is 19.5 Å². The van der Waals surface area contributed by atoms with Gasteiger partial charge in [0.1, 0.15) is 18.3 Å². The molecule has 33 heavy (non-hydrogen) atoms. The van der Waals surface area contributed by atoms with Crippen molar-refractivity contribution in [3.63, 3.8) is 0 Å². The summed E-state index contributed by atoms with van der Waals surface area (Å²) in [7, 11) is 0. The van der Waals surface area contributed by atoms with Crippen molar-refractivity contribution >= 4 is 34.4 Å². The molecule has 2 heterocycles. The molecule has 0 radical (unpaired) electrons. The number of rotatable bonds is 5. The summed E-state index contributed by atoms with van der Waals surface area (Å²) in [6.07, 6.45) is 0.406. The third-order valence-electron chi connectivity index (χ3n) is 6.07. The molecule has 1 aromatic heterocycles. The molecule has 3 aromatic rings. The van der Waals surface area contributed by atoms with Gasteiger partial charge in [-0.05, 0) is 35.1 Å². The van der Waals surface area contributed by atoms with Crippen molar-refractivity contribution in [1.29, 1.82) is 0 Å². The van der Waals surface area contributed by atoms with E-state index in [2.05, 4.69) is 22.4 Å². The molecule has 0 spiro atoms. The van der Waals surface area contributed by atoms with E-state index in [1.807, 2.05) is 36.4 Å². The zero-order valence-corrected chi connectivity index (χ0v) is 18.4. The molecule has 2 amide bonds. The summed E-state index contributed by atoms with van der Waals surface area (Å²) < 4.78 is 5.51. The van der Waals surface area contributed by atoms with Crippen molar-refractivity contribution < 1.29 is 24.2 Å². The highest BCUT2D eigenvalue weighted by Gasteiger charge is 2.35. The van der Waals surface area contributed by atoms with E-state index in [-0.39, 0.29) is 23.4 Å². The largest absolute Gasteiger partial charge is 0.480 e. The maximum Gasteiger partial charge on any atom is 0.413 e. The molecule has 1 saturated heterocycles. The van der Waals surface area contributed by atoms with Gasteiger partial charge in [0, 0.05) is 17.8 Å². The summed E-state index contributed by atoms with van der Waals surface area (Å²) >= 11 is 1.09. The third kappa shape index (κ3) is 3.95. The fourth-order valence-corrected chi connectivity index (χ4v) is 5.23. The van der Waals surface area contributed by atoms with Gasteiger partial charge in [-0.3, -0.25) is 10.1 Å². The van der Waals surface area contributed by atoms with E-state index in [0.29, 0.717) is 19.4 Å². The Morgan fingerprint density at radius 2 is 1.76 bits per heavy atom. The van der Waals surface area contributed by atoms with Gasteiger partial charge >= 0.3 is 12.1 Å². The molecule has 5 rings (SSSR count). The molecule has 0 unspecified atom stereocenters. The molecule has 9 heteroatoms. The monoisotopic (exact) mass is 463 g/mol. The Balaban J connectivity index is 1.23. The lowest BCUT2D eigenvalue weighted by Gasteiger charge is -2.20. The number of likely N-dealkylation sites (tertiary alicyclic amines) is 1. The SMILES string of the molecule is O=C(Nc1nc(C(=O)N2CCC[C@H]2C(=O)O)cs1)OCC1c2ccccc2-c2ccccc21. The molecule has 1 fully saturated rings. The number of thiazole rings is 1. The van der Waals surface area contributed by atoms with Crippen molar-refractivity contribution in [3.05, 3.63) is 70.7 Å². The number of carboxylic acids is 1. The molecular weight excluding hydrogens is 442 g/mol. The quantitative estimate of drug-likeness (QED) is 0.587. The normalized spacial score (nSPS) is 16.8. The van der Waals surface area contributed by atoms with E-state index in [0.717, 1.165) is 33.6 Å². The van der Waals surface area contributed by atoms with Crippen LogP contribution in [0.15, 0.2) is 53.9 Å². The number of nitrogens with zero attached hydrogens (tertiary/aromatic N) is 2. The topological polar surface area (TPSA) is 109 Å². The number of aliphatic carboxylic acids is 1. The summed E-state index contributed by atoms with van der Waals surface area (Å²) in [6, 6.07) is 15.3. The van der Waals surface area contributed by atoms with Crippen molar-refractivity contribution in [1.82, 2.24) is 9.88 Å². The highest BCUT2D eigenvalue weighted by Crippen LogP contribution is 2.44. The van der Waals surface area contributed by atoms with Gasteiger partial charge in [-0.25, -0.2) is 14.6 Å². The van der Waals surface area contributed by atoms with Crippen LogP contribution in [0.4, 0.5) is 9.93 Å². The van der Waals surface area contributed by atoms with Crippen LogP contribution in [-0.4, -0.2) is 52.2 Å². The van der Waals surface area contributed by atoms with Crippen molar-refractivity contribution in [2.45, 2.75) is 24.8 Å². The lowest BCUT2D eigenvalue weighted by molar-refractivity contribution is -0.141. The minimum absolute atomic E-state index is 0.0558. The Labute approximate surface area is 193 Å². The van der Waals surface area contributed by atoms with Crippen LogP contribution in [0.3, 0.4) is 0 Å². The number of hydrogen-bond donors (Lipinski definition) is 2. The minimum Gasteiger partial charge on any atom is -0.480 e. The van der Waals surface area contributed by atoms with Crippen LogP contribution in [0.5, 0.6) is 0 Å². The van der Waals surface area contributed by atoms with E-state index in [1.54, 1.807) is 0 Å². The zero-order chi connectivity index (χ0) is 22.9. The molecular formula is C24H21N3O5S. The number of benzene rings is 2. The Bertz CT molecular complexity index is 1190. The third-order valence-corrected chi connectivity index (χ3v) is 6.83.